The molecular weight excluding hydrogens is 344 g/mol. The summed E-state index contributed by atoms with van der Waals surface area (Å²) in [5, 5.41) is 24.6. The first kappa shape index (κ1) is 16.3. The molecule has 0 saturated carbocycles. The van der Waals surface area contributed by atoms with Crippen molar-refractivity contribution in [1.29, 1.82) is 0 Å². The third-order valence-electron chi connectivity index (χ3n) is 6.29. The van der Waals surface area contributed by atoms with Crippen LogP contribution < -0.4 is 0 Å². The third-order valence-corrected chi connectivity index (χ3v) is 6.84. The molecule has 1 aromatic rings. The van der Waals surface area contributed by atoms with Crippen molar-refractivity contribution >= 4 is 11.7 Å². The Hall–Kier alpha value is -2.16. The van der Waals surface area contributed by atoms with E-state index in [1.807, 2.05) is 26.0 Å². The van der Waals surface area contributed by atoms with Crippen LogP contribution in [0.3, 0.4) is 0 Å². The standard InChI is InChI=1S/C16H18N4O4S/c1-9-3-5-15(19(21)22)11(7-9)13-14(18-25-17-13)16(20(23)24)6-4-10(2)8-12(15)16/h3-4,11-12H,5-8H2,1-2H3/t11-,12+,15+,16-/m1/s1. The van der Waals surface area contributed by atoms with E-state index in [1.54, 1.807) is 0 Å². The third kappa shape index (κ3) is 1.87. The first-order valence-electron chi connectivity index (χ1n) is 8.27. The molecule has 0 spiro atoms. The second kappa shape index (κ2) is 5.17. The largest absolute Gasteiger partial charge is 0.279 e. The second-order valence-corrected chi connectivity index (χ2v) is 7.98. The summed E-state index contributed by atoms with van der Waals surface area (Å²) in [7, 11) is 0. The molecule has 3 aliphatic carbocycles. The Kier molecular flexibility index (Phi) is 3.37. The van der Waals surface area contributed by atoms with Crippen molar-refractivity contribution in [3.8, 4) is 0 Å². The number of rotatable bonds is 2. The molecule has 4 atom stereocenters. The summed E-state index contributed by atoms with van der Waals surface area (Å²) in [6.07, 6.45) is 4.92. The Balaban J connectivity index is 2.07. The molecular formula is C16H18N4O4S. The van der Waals surface area contributed by atoms with Gasteiger partial charge in [0.1, 0.15) is 5.92 Å². The van der Waals surface area contributed by atoms with Crippen LogP contribution in [0.2, 0.25) is 0 Å². The highest BCUT2D eigenvalue weighted by Gasteiger charge is 2.75. The average Bonchev–Trinajstić information content (AvgIpc) is 3.04. The molecule has 1 aromatic heterocycles. The predicted octanol–water partition coefficient (Wildman–Crippen LogP) is 3.22. The number of fused-ring (bicyclic) bond motifs is 6. The lowest BCUT2D eigenvalue weighted by molar-refractivity contribution is -0.646. The van der Waals surface area contributed by atoms with Crippen LogP contribution in [0.5, 0.6) is 0 Å². The number of nitrogens with zero attached hydrogens (tertiary/aromatic N) is 4. The average molecular weight is 362 g/mol. The van der Waals surface area contributed by atoms with Crippen molar-refractivity contribution in [2.75, 3.05) is 0 Å². The summed E-state index contributed by atoms with van der Waals surface area (Å²) in [6.45, 7) is 3.84. The van der Waals surface area contributed by atoms with E-state index < -0.39 is 22.9 Å². The van der Waals surface area contributed by atoms with Crippen LogP contribution in [0.4, 0.5) is 0 Å². The van der Waals surface area contributed by atoms with Crippen LogP contribution >= 0.6 is 11.7 Å². The quantitative estimate of drug-likeness (QED) is 0.453. The summed E-state index contributed by atoms with van der Waals surface area (Å²) >= 11 is 0.928. The van der Waals surface area contributed by atoms with Crippen molar-refractivity contribution in [3.05, 3.63) is 54.9 Å². The van der Waals surface area contributed by atoms with E-state index in [1.165, 1.54) is 0 Å². The Labute approximate surface area is 148 Å². The van der Waals surface area contributed by atoms with Gasteiger partial charge < -0.3 is 0 Å². The molecule has 0 radical (unpaired) electrons. The fraction of sp³-hybridized carbons (Fsp3) is 0.625. The van der Waals surface area contributed by atoms with Crippen LogP contribution in [0.15, 0.2) is 23.3 Å². The van der Waals surface area contributed by atoms with Gasteiger partial charge in [0.15, 0.2) is 5.69 Å². The van der Waals surface area contributed by atoms with Gasteiger partial charge in [0.2, 0.25) is 5.54 Å². The van der Waals surface area contributed by atoms with Crippen LogP contribution in [-0.2, 0) is 5.54 Å². The summed E-state index contributed by atoms with van der Waals surface area (Å²) in [6, 6.07) is 0. The summed E-state index contributed by atoms with van der Waals surface area (Å²) < 4.78 is 8.60. The molecule has 0 saturated heterocycles. The molecule has 0 amide bonds. The van der Waals surface area contributed by atoms with Crippen LogP contribution in [0.25, 0.3) is 0 Å². The lowest BCUT2D eigenvalue weighted by atomic mass is 9.51. The number of hydrogen-bond acceptors (Lipinski definition) is 7. The molecule has 0 aliphatic heterocycles. The zero-order valence-corrected chi connectivity index (χ0v) is 14.8. The van der Waals surface area contributed by atoms with Gasteiger partial charge in [-0.25, -0.2) is 0 Å². The van der Waals surface area contributed by atoms with Gasteiger partial charge in [-0.2, -0.15) is 8.75 Å². The van der Waals surface area contributed by atoms with E-state index in [4.69, 9.17) is 0 Å². The van der Waals surface area contributed by atoms with Gasteiger partial charge in [0.25, 0.3) is 5.54 Å². The Morgan fingerprint density at radius 2 is 1.76 bits per heavy atom. The van der Waals surface area contributed by atoms with Gasteiger partial charge in [0.05, 0.1) is 23.3 Å². The lowest BCUT2D eigenvalue weighted by Gasteiger charge is -2.49. The second-order valence-electron chi connectivity index (χ2n) is 7.45. The summed E-state index contributed by atoms with van der Waals surface area (Å²) in [4.78, 5) is 24.0. The highest BCUT2D eigenvalue weighted by atomic mass is 32.1. The van der Waals surface area contributed by atoms with Crippen molar-refractivity contribution in [3.63, 3.8) is 0 Å². The minimum atomic E-state index is -1.55. The Bertz CT molecular complexity index is 847. The van der Waals surface area contributed by atoms with Crippen LogP contribution in [0.1, 0.15) is 56.8 Å². The fourth-order valence-corrected chi connectivity index (χ4v) is 5.70. The lowest BCUT2D eigenvalue weighted by Crippen LogP contribution is -2.65. The maximum Gasteiger partial charge on any atom is 0.279 e. The zero-order chi connectivity index (χ0) is 18.0. The molecule has 25 heavy (non-hydrogen) atoms. The predicted molar refractivity (Wildman–Crippen MR) is 90.5 cm³/mol. The molecule has 0 aromatic carbocycles. The van der Waals surface area contributed by atoms with Gasteiger partial charge in [-0.05, 0) is 26.7 Å². The molecule has 0 bridgehead atoms. The molecule has 8 nitrogen and oxygen atoms in total. The fourth-order valence-electron chi connectivity index (χ4n) is 5.02. The van der Waals surface area contributed by atoms with Crippen molar-refractivity contribution in [2.24, 2.45) is 5.92 Å². The van der Waals surface area contributed by atoms with E-state index in [2.05, 4.69) is 8.75 Å². The first-order chi connectivity index (χ1) is 11.8. The van der Waals surface area contributed by atoms with E-state index in [9.17, 15) is 20.2 Å². The highest BCUT2D eigenvalue weighted by molar-refractivity contribution is 6.99. The van der Waals surface area contributed by atoms with Gasteiger partial charge in [0, 0.05) is 22.7 Å². The maximum atomic E-state index is 12.4. The van der Waals surface area contributed by atoms with E-state index in [0.717, 1.165) is 22.9 Å². The summed E-state index contributed by atoms with van der Waals surface area (Å²) in [5.74, 6) is -1.18. The van der Waals surface area contributed by atoms with Crippen molar-refractivity contribution in [1.82, 2.24) is 8.75 Å². The minimum Gasteiger partial charge on any atom is -0.264 e. The number of allylic oxidation sites excluding steroid dienone is 2. The molecule has 0 fully saturated rings. The normalized spacial score (nSPS) is 36.4. The van der Waals surface area contributed by atoms with Gasteiger partial charge in [-0.15, -0.1) is 0 Å². The molecule has 0 unspecified atom stereocenters. The Morgan fingerprint density at radius 1 is 1.08 bits per heavy atom. The van der Waals surface area contributed by atoms with E-state index >= 15 is 0 Å². The number of hydrogen-bond donors (Lipinski definition) is 0. The molecule has 3 aliphatic rings. The van der Waals surface area contributed by atoms with Crippen LogP contribution in [0, 0.1) is 26.1 Å². The van der Waals surface area contributed by atoms with Gasteiger partial charge >= 0.3 is 0 Å². The topological polar surface area (TPSA) is 112 Å². The van der Waals surface area contributed by atoms with E-state index in [-0.39, 0.29) is 22.7 Å². The van der Waals surface area contributed by atoms with Crippen molar-refractivity contribution in [2.45, 2.75) is 56.5 Å². The smallest absolute Gasteiger partial charge is 0.264 e. The Morgan fingerprint density at radius 3 is 2.44 bits per heavy atom. The first-order valence-corrected chi connectivity index (χ1v) is 9.00. The maximum absolute atomic E-state index is 12.4. The monoisotopic (exact) mass is 362 g/mol. The highest BCUT2D eigenvalue weighted by Crippen LogP contribution is 2.61. The minimum absolute atomic E-state index is 0.139. The number of aromatic nitrogens is 2. The molecule has 0 N–H and O–H groups in total. The van der Waals surface area contributed by atoms with Gasteiger partial charge in [-0.1, -0.05) is 23.3 Å². The summed E-state index contributed by atoms with van der Waals surface area (Å²) in [5.41, 5.74) is -0.0861. The van der Waals surface area contributed by atoms with Crippen LogP contribution in [-0.4, -0.2) is 24.1 Å². The molecule has 1 heterocycles. The van der Waals surface area contributed by atoms with Crippen molar-refractivity contribution < 1.29 is 9.85 Å². The molecule has 132 valence electrons. The molecule has 4 rings (SSSR count). The molecule has 9 heteroatoms. The zero-order valence-electron chi connectivity index (χ0n) is 14.0. The number of nitro groups is 2. The van der Waals surface area contributed by atoms with Gasteiger partial charge in [-0.3, -0.25) is 20.2 Å². The van der Waals surface area contributed by atoms with E-state index in [0.29, 0.717) is 24.2 Å². The SMILES string of the molecule is CC1=CC[C@]2([N+](=O)[O-])[C@H](C1)c1nsnc1[C@@]1([N+](=O)[O-])CC=C(C)C[C@@H]21.